The SMILES string of the molecule is COc1ccc(CCN(C)CCCN2CCc3cc4c(cc3C2=O)OCCO4)cc1OC. The maximum atomic E-state index is 13.0. The van der Waals surface area contributed by atoms with Crippen molar-refractivity contribution in [2.75, 3.05) is 60.7 Å². The predicted octanol–water partition coefficient (Wildman–Crippen LogP) is 3.04. The zero-order chi connectivity index (χ0) is 22.5. The standard InChI is InChI=1S/C25H32N2O5/c1-26(11-7-18-5-6-21(29-2)22(15-18)30-3)9-4-10-27-12-8-19-16-23-24(32-14-13-31-23)17-20(19)25(27)28/h5-6,15-17H,4,7-14H2,1-3H3. The minimum absolute atomic E-state index is 0.0937. The van der Waals surface area contributed by atoms with Crippen LogP contribution in [0.4, 0.5) is 0 Å². The maximum Gasteiger partial charge on any atom is 0.254 e. The highest BCUT2D eigenvalue weighted by Crippen LogP contribution is 2.35. The quantitative estimate of drug-likeness (QED) is 0.597. The molecule has 0 N–H and O–H groups in total. The van der Waals surface area contributed by atoms with Gasteiger partial charge in [-0.25, -0.2) is 0 Å². The van der Waals surface area contributed by atoms with Crippen molar-refractivity contribution in [2.45, 2.75) is 19.3 Å². The molecule has 0 atom stereocenters. The van der Waals surface area contributed by atoms with Gasteiger partial charge in [-0.2, -0.15) is 0 Å². The van der Waals surface area contributed by atoms with Gasteiger partial charge >= 0.3 is 0 Å². The Kier molecular flexibility index (Phi) is 7.05. The lowest BCUT2D eigenvalue weighted by Crippen LogP contribution is -2.39. The molecule has 172 valence electrons. The zero-order valence-electron chi connectivity index (χ0n) is 19.2. The van der Waals surface area contributed by atoms with Crippen molar-refractivity contribution in [3.05, 3.63) is 47.0 Å². The summed E-state index contributed by atoms with van der Waals surface area (Å²) in [6.07, 6.45) is 2.72. The van der Waals surface area contributed by atoms with Gasteiger partial charge in [-0.3, -0.25) is 4.79 Å². The first-order chi connectivity index (χ1) is 15.6. The molecule has 32 heavy (non-hydrogen) atoms. The molecule has 7 nitrogen and oxygen atoms in total. The van der Waals surface area contributed by atoms with E-state index in [0.29, 0.717) is 19.0 Å². The Morgan fingerprint density at radius 1 is 1.00 bits per heavy atom. The van der Waals surface area contributed by atoms with Crippen molar-refractivity contribution >= 4 is 5.91 Å². The van der Waals surface area contributed by atoms with Gasteiger partial charge in [0.2, 0.25) is 0 Å². The van der Waals surface area contributed by atoms with Gasteiger partial charge in [0.15, 0.2) is 23.0 Å². The number of hydrogen-bond acceptors (Lipinski definition) is 6. The fourth-order valence-corrected chi connectivity index (χ4v) is 4.28. The van der Waals surface area contributed by atoms with Crippen LogP contribution in [0.15, 0.2) is 30.3 Å². The van der Waals surface area contributed by atoms with E-state index in [4.69, 9.17) is 18.9 Å². The average Bonchev–Trinajstić information content (AvgIpc) is 2.83. The highest BCUT2D eigenvalue weighted by Gasteiger charge is 2.27. The van der Waals surface area contributed by atoms with Crippen molar-refractivity contribution in [1.29, 1.82) is 0 Å². The monoisotopic (exact) mass is 440 g/mol. The molecule has 1 amide bonds. The molecular weight excluding hydrogens is 408 g/mol. The van der Waals surface area contributed by atoms with Crippen LogP contribution in [0, 0.1) is 0 Å². The van der Waals surface area contributed by atoms with E-state index in [1.54, 1.807) is 14.2 Å². The van der Waals surface area contributed by atoms with Crippen LogP contribution in [0.1, 0.15) is 27.9 Å². The molecule has 0 spiro atoms. The van der Waals surface area contributed by atoms with E-state index in [-0.39, 0.29) is 5.91 Å². The average molecular weight is 441 g/mol. The fraction of sp³-hybridized carbons (Fsp3) is 0.480. The Morgan fingerprint density at radius 2 is 1.75 bits per heavy atom. The van der Waals surface area contributed by atoms with Crippen molar-refractivity contribution in [3.8, 4) is 23.0 Å². The second-order valence-electron chi connectivity index (χ2n) is 8.29. The zero-order valence-corrected chi connectivity index (χ0v) is 19.2. The molecule has 0 unspecified atom stereocenters. The third-order valence-corrected chi connectivity index (χ3v) is 6.13. The highest BCUT2D eigenvalue weighted by molar-refractivity contribution is 5.97. The first-order valence-corrected chi connectivity index (χ1v) is 11.2. The smallest absolute Gasteiger partial charge is 0.254 e. The molecule has 2 aromatic rings. The molecule has 0 aliphatic carbocycles. The number of amides is 1. The summed E-state index contributed by atoms with van der Waals surface area (Å²) in [5.74, 6) is 3.04. The van der Waals surface area contributed by atoms with Crippen LogP contribution in [0.25, 0.3) is 0 Å². The Morgan fingerprint density at radius 3 is 2.50 bits per heavy atom. The van der Waals surface area contributed by atoms with E-state index in [2.05, 4.69) is 18.0 Å². The van der Waals surface area contributed by atoms with E-state index in [9.17, 15) is 4.79 Å². The summed E-state index contributed by atoms with van der Waals surface area (Å²) in [5.41, 5.74) is 3.02. The lowest BCUT2D eigenvalue weighted by atomic mass is 9.97. The number of rotatable bonds is 9. The Labute approximate surface area is 189 Å². The van der Waals surface area contributed by atoms with Gasteiger partial charge in [0.25, 0.3) is 5.91 Å². The maximum absolute atomic E-state index is 13.0. The molecule has 4 rings (SSSR count). The number of carbonyl (C=O) groups is 1. The topological polar surface area (TPSA) is 60.5 Å². The number of fused-ring (bicyclic) bond motifs is 2. The third kappa shape index (κ3) is 4.93. The molecule has 0 fully saturated rings. The molecule has 0 bridgehead atoms. The van der Waals surface area contributed by atoms with Crippen molar-refractivity contribution < 1.29 is 23.7 Å². The molecule has 2 aliphatic heterocycles. The number of methoxy groups -OCH3 is 2. The molecule has 7 heteroatoms. The molecule has 2 aliphatic rings. The number of ether oxygens (including phenoxy) is 4. The predicted molar refractivity (Wildman–Crippen MR) is 122 cm³/mol. The number of carbonyl (C=O) groups excluding carboxylic acids is 1. The Balaban J connectivity index is 1.25. The van der Waals surface area contributed by atoms with Crippen LogP contribution in [0.3, 0.4) is 0 Å². The van der Waals surface area contributed by atoms with Gasteiger partial charge < -0.3 is 28.7 Å². The van der Waals surface area contributed by atoms with Gasteiger partial charge in [0.05, 0.1) is 14.2 Å². The van der Waals surface area contributed by atoms with Gasteiger partial charge in [0, 0.05) is 25.2 Å². The summed E-state index contributed by atoms with van der Waals surface area (Å²) in [4.78, 5) is 17.3. The van der Waals surface area contributed by atoms with Crippen molar-refractivity contribution in [1.82, 2.24) is 9.80 Å². The van der Waals surface area contributed by atoms with Gasteiger partial charge in [-0.1, -0.05) is 6.07 Å². The highest BCUT2D eigenvalue weighted by atomic mass is 16.6. The largest absolute Gasteiger partial charge is 0.493 e. The Bertz CT molecular complexity index is 962. The number of hydrogen-bond donors (Lipinski definition) is 0. The van der Waals surface area contributed by atoms with Crippen molar-refractivity contribution in [2.24, 2.45) is 0 Å². The van der Waals surface area contributed by atoms with E-state index < -0.39 is 0 Å². The van der Waals surface area contributed by atoms with E-state index >= 15 is 0 Å². The second-order valence-corrected chi connectivity index (χ2v) is 8.29. The molecule has 2 aromatic carbocycles. The third-order valence-electron chi connectivity index (χ3n) is 6.13. The van der Waals surface area contributed by atoms with E-state index in [1.165, 1.54) is 5.56 Å². The summed E-state index contributed by atoms with van der Waals surface area (Å²) < 4.78 is 22.0. The lowest BCUT2D eigenvalue weighted by molar-refractivity contribution is 0.0731. The van der Waals surface area contributed by atoms with E-state index in [1.807, 2.05) is 29.2 Å². The summed E-state index contributed by atoms with van der Waals surface area (Å²) in [5, 5.41) is 0. The summed E-state index contributed by atoms with van der Waals surface area (Å²) in [6, 6.07) is 9.88. The summed E-state index contributed by atoms with van der Waals surface area (Å²) in [7, 11) is 5.42. The Hall–Kier alpha value is -2.93. The minimum atomic E-state index is 0.0937. The van der Waals surface area contributed by atoms with Crippen molar-refractivity contribution in [3.63, 3.8) is 0 Å². The number of benzene rings is 2. The number of nitrogens with zero attached hydrogens (tertiary/aromatic N) is 2. The molecule has 0 saturated heterocycles. The van der Waals surface area contributed by atoms with Crippen LogP contribution >= 0.6 is 0 Å². The van der Waals surface area contributed by atoms with Crippen LogP contribution < -0.4 is 18.9 Å². The molecule has 0 saturated carbocycles. The van der Waals surface area contributed by atoms with Crippen LogP contribution in [0.5, 0.6) is 23.0 Å². The van der Waals surface area contributed by atoms with Crippen LogP contribution in [-0.2, 0) is 12.8 Å². The molecule has 0 aromatic heterocycles. The minimum Gasteiger partial charge on any atom is -0.493 e. The summed E-state index contributed by atoms with van der Waals surface area (Å²) >= 11 is 0. The molecular formula is C25H32N2O5. The van der Waals surface area contributed by atoms with E-state index in [0.717, 1.165) is 73.8 Å². The lowest BCUT2D eigenvalue weighted by Gasteiger charge is -2.30. The normalized spacial score (nSPS) is 15.0. The molecule has 2 heterocycles. The fourth-order valence-electron chi connectivity index (χ4n) is 4.28. The summed E-state index contributed by atoms with van der Waals surface area (Å²) in [6.45, 7) is 4.47. The molecule has 0 radical (unpaired) electrons. The van der Waals surface area contributed by atoms with Gasteiger partial charge in [-0.15, -0.1) is 0 Å². The number of likely N-dealkylation sites (N-methyl/N-ethyl adjacent to an activating group) is 1. The first-order valence-electron chi connectivity index (χ1n) is 11.2. The first kappa shape index (κ1) is 22.3. The second kappa shape index (κ2) is 10.1. The van der Waals surface area contributed by atoms with Crippen LogP contribution in [-0.4, -0.2) is 76.4 Å². The van der Waals surface area contributed by atoms with Gasteiger partial charge in [0.1, 0.15) is 13.2 Å². The van der Waals surface area contributed by atoms with Gasteiger partial charge in [-0.05, 0) is 68.2 Å². The van der Waals surface area contributed by atoms with Crippen LogP contribution in [0.2, 0.25) is 0 Å².